The summed E-state index contributed by atoms with van der Waals surface area (Å²) in [5, 5.41) is 0. The lowest BCUT2D eigenvalue weighted by atomic mass is 9.32. The van der Waals surface area contributed by atoms with Crippen LogP contribution >= 0.6 is 0 Å². The third kappa shape index (κ3) is 2.17. The summed E-state index contributed by atoms with van der Waals surface area (Å²) in [6.07, 6.45) is 18.3. The lowest BCUT2D eigenvalue weighted by molar-refractivity contribution is -0.239. The molecule has 0 nitrogen and oxygen atoms in total. The summed E-state index contributed by atoms with van der Waals surface area (Å²) in [4.78, 5) is 0. The molecule has 0 aromatic rings. The molecule has 0 bridgehead atoms. The molecule has 27 heavy (non-hydrogen) atoms. The van der Waals surface area contributed by atoms with Crippen LogP contribution in [-0.4, -0.2) is 0 Å². The quantitative estimate of drug-likeness (QED) is 0.402. The molecule has 8 atom stereocenters. The van der Waals surface area contributed by atoms with E-state index in [-0.39, 0.29) is 0 Å². The van der Waals surface area contributed by atoms with Crippen molar-refractivity contribution in [3.05, 3.63) is 0 Å². The molecule has 0 aromatic carbocycles. The van der Waals surface area contributed by atoms with E-state index in [4.69, 9.17) is 0 Å². The van der Waals surface area contributed by atoms with Crippen molar-refractivity contribution < 1.29 is 0 Å². The number of rotatable bonds is 0. The minimum atomic E-state index is 0.571. The van der Waals surface area contributed by atoms with Crippen molar-refractivity contribution in [3.8, 4) is 0 Å². The molecular weight excluding hydrogens is 324 g/mol. The first-order chi connectivity index (χ1) is 12.6. The maximum Gasteiger partial charge on any atom is -0.0235 e. The first-order valence-electron chi connectivity index (χ1n) is 12.6. The summed E-state index contributed by atoms with van der Waals surface area (Å²) in [6.45, 7) is 16.3. The van der Waals surface area contributed by atoms with Crippen molar-refractivity contribution >= 4 is 0 Å². The summed E-state index contributed by atoms with van der Waals surface area (Å²) in [7, 11) is 0. The summed E-state index contributed by atoms with van der Waals surface area (Å²) in [6, 6.07) is 0. The minimum absolute atomic E-state index is 0.571. The van der Waals surface area contributed by atoms with E-state index in [1.807, 2.05) is 0 Å². The molecule has 0 heteroatoms. The van der Waals surface area contributed by atoms with E-state index in [1.54, 1.807) is 12.8 Å². The van der Waals surface area contributed by atoms with Crippen LogP contribution in [-0.2, 0) is 0 Å². The Bertz CT molecular complexity index is 618. The fraction of sp³-hybridized carbons (Fsp3) is 1.00. The number of hydrogen-bond donors (Lipinski definition) is 0. The van der Waals surface area contributed by atoms with Gasteiger partial charge in [0, 0.05) is 0 Å². The molecule has 5 rings (SSSR count). The Morgan fingerprint density at radius 1 is 0.481 bits per heavy atom. The average molecular weight is 371 g/mol. The van der Waals surface area contributed by atoms with Crippen LogP contribution < -0.4 is 0 Å². The van der Waals surface area contributed by atoms with E-state index in [9.17, 15) is 0 Å². The molecular formula is C27H46. The number of fused-ring (bicyclic) bond motifs is 7. The Morgan fingerprint density at radius 2 is 1.07 bits per heavy atom. The van der Waals surface area contributed by atoms with Gasteiger partial charge in [-0.2, -0.15) is 0 Å². The Morgan fingerprint density at radius 3 is 1.78 bits per heavy atom. The normalized spacial score (nSPS) is 59.3. The summed E-state index contributed by atoms with van der Waals surface area (Å²) >= 11 is 0. The lowest BCUT2D eigenvalue weighted by Crippen LogP contribution is -2.65. The van der Waals surface area contributed by atoms with Crippen LogP contribution in [0.25, 0.3) is 0 Å². The van der Waals surface area contributed by atoms with Gasteiger partial charge in [-0.15, -0.1) is 0 Å². The largest absolute Gasteiger partial charge is 0.0596 e. The SMILES string of the molecule is CC1(C)CCC[C@]2(C)[C@H]3CC[C@@H]4[C@@]5(C)CCC[C@H]5CC[C@@]4(C)[C@]3(C)CC[C@@H]12. The van der Waals surface area contributed by atoms with Crippen molar-refractivity contribution in [3.63, 3.8) is 0 Å². The van der Waals surface area contributed by atoms with Gasteiger partial charge >= 0.3 is 0 Å². The second kappa shape index (κ2) is 5.57. The van der Waals surface area contributed by atoms with Crippen molar-refractivity contribution in [2.24, 2.45) is 50.7 Å². The van der Waals surface area contributed by atoms with Gasteiger partial charge in [0.15, 0.2) is 0 Å². The van der Waals surface area contributed by atoms with E-state index < -0.39 is 0 Å². The summed E-state index contributed by atoms with van der Waals surface area (Å²) in [5.74, 6) is 4.00. The van der Waals surface area contributed by atoms with Gasteiger partial charge in [-0.25, -0.2) is 0 Å². The van der Waals surface area contributed by atoms with Crippen molar-refractivity contribution in [2.45, 2.75) is 119 Å². The zero-order valence-electron chi connectivity index (χ0n) is 19.3. The Hall–Kier alpha value is 0. The van der Waals surface area contributed by atoms with Gasteiger partial charge in [-0.3, -0.25) is 0 Å². The van der Waals surface area contributed by atoms with Crippen LogP contribution in [0.4, 0.5) is 0 Å². The standard InChI is InChI=1S/C27H46/c1-23(2)14-8-16-25(4)20(23)13-18-27(6)22(25)11-10-21-24(3)15-7-9-19(24)12-17-26(21,27)5/h19-22H,7-18H2,1-6H3/t19-,20-,21+,22+,24-,25-,26+,27+/m0/s1. The monoisotopic (exact) mass is 370 g/mol. The van der Waals surface area contributed by atoms with Crippen molar-refractivity contribution in [1.82, 2.24) is 0 Å². The molecule has 5 aliphatic rings. The highest BCUT2D eigenvalue weighted by molar-refractivity contribution is 5.18. The molecule has 5 saturated carbocycles. The molecule has 0 unspecified atom stereocenters. The van der Waals surface area contributed by atoms with Crippen molar-refractivity contribution in [2.75, 3.05) is 0 Å². The lowest BCUT2D eigenvalue weighted by Gasteiger charge is -2.73. The molecule has 0 aromatic heterocycles. The van der Waals surface area contributed by atoms with Gasteiger partial charge in [-0.1, -0.05) is 54.4 Å². The zero-order chi connectivity index (χ0) is 19.3. The van der Waals surface area contributed by atoms with Crippen LogP contribution in [0.1, 0.15) is 119 Å². The summed E-state index contributed by atoms with van der Waals surface area (Å²) in [5.41, 5.74) is 3.04. The van der Waals surface area contributed by atoms with E-state index in [0.29, 0.717) is 27.1 Å². The second-order valence-electron chi connectivity index (χ2n) is 13.6. The molecule has 0 radical (unpaired) electrons. The smallest absolute Gasteiger partial charge is 0.0235 e. The first kappa shape index (κ1) is 19.0. The Labute approximate surface area is 169 Å². The van der Waals surface area contributed by atoms with Gasteiger partial charge in [-0.05, 0) is 115 Å². The Balaban J connectivity index is 1.56. The maximum atomic E-state index is 2.80. The van der Waals surface area contributed by atoms with Crippen molar-refractivity contribution in [1.29, 1.82) is 0 Å². The molecule has 0 amide bonds. The topological polar surface area (TPSA) is 0 Å². The highest BCUT2D eigenvalue weighted by Crippen LogP contribution is 2.77. The third-order valence-electron chi connectivity index (χ3n) is 12.6. The van der Waals surface area contributed by atoms with Crippen LogP contribution in [0, 0.1) is 50.7 Å². The van der Waals surface area contributed by atoms with Crippen LogP contribution in [0.15, 0.2) is 0 Å². The highest BCUT2D eigenvalue weighted by atomic mass is 14.7. The Kier molecular flexibility index (Phi) is 3.92. The van der Waals surface area contributed by atoms with Crippen LogP contribution in [0.2, 0.25) is 0 Å². The molecule has 0 spiro atoms. The fourth-order valence-electron chi connectivity index (χ4n) is 11.2. The predicted octanol–water partition coefficient (Wildman–Crippen LogP) is 8.25. The highest BCUT2D eigenvalue weighted by Gasteiger charge is 2.69. The second-order valence-corrected chi connectivity index (χ2v) is 13.6. The zero-order valence-corrected chi connectivity index (χ0v) is 19.3. The van der Waals surface area contributed by atoms with Gasteiger partial charge < -0.3 is 0 Å². The molecule has 5 fully saturated rings. The van der Waals surface area contributed by atoms with E-state index >= 15 is 0 Å². The van der Waals surface area contributed by atoms with Gasteiger partial charge in [0.1, 0.15) is 0 Å². The van der Waals surface area contributed by atoms with Gasteiger partial charge in [0.25, 0.3) is 0 Å². The van der Waals surface area contributed by atoms with Crippen LogP contribution in [0.5, 0.6) is 0 Å². The molecule has 0 aliphatic heterocycles. The predicted molar refractivity (Wildman–Crippen MR) is 116 cm³/mol. The third-order valence-corrected chi connectivity index (χ3v) is 12.6. The molecule has 5 aliphatic carbocycles. The maximum absolute atomic E-state index is 2.80. The molecule has 0 saturated heterocycles. The van der Waals surface area contributed by atoms with E-state index in [2.05, 4.69) is 41.5 Å². The average Bonchev–Trinajstić information content (AvgIpc) is 2.96. The molecule has 0 N–H and O–H groups in total. The first-order valence-corrected chi connectivity index (χ1v) is 12.6. The molecule has 154 valence electrons. The van der Waals surface area contributed by atoms with Gasteiger partial charge in [0.2, 0.25) is 0 Å². The summed E-state index contributed by atoms with van der Waals surface area (Å²) < 4.78 is 0. The van der Waals surface area contributed by atoms with Crippen LogP contribution in [0.3, 0.4) is 0 Å². The molecule has 0 heterocycles. The van der Waals surface area contributed by atoms with Gasteiger partial charge in [0.05, 0.1) is 0 Å². The fourth-order valence-corrected chi connectivity index (χ4v) is 11.2. The van der Waals surface area contributed by atoms with E-state index in [1.165, 1.54) is 64.2 Å². The number of hydrogen-bond acceptors (Lipinski definition) is 0. The van der Waals surface area contributed by atoms with E-state index in [0.717, 1.165) is 23.7 Å². The minimum Gasteiger partial charge on any atom is -0.0596 e.